The van der Waals surface area contributed by atoms with E-state index in [1.165, 1.54) is 13.4 Å². The maximum absolute atomic E-state index is 11.9. The zero-order valence-corrected chi connectivity index (χ0v) is 14.1. The van der Waals surface area contributed by atoms with Crippen LogP contribution in [0.1, 0.15) is 18.4 Å². The molecule has 0 bridgehead atoms. The van der Waals surface area contributed by atoms with Crippen molar-refractivity contribution in [2.45, 2.75) is 24.9 Å². The summed E-state index contributed by atoms with van der Waals surface area (Å²) in [6.07, 6.45) is 4.44. The van der Waals surface area contributed by atoms with Gasteiger partial charge < -0.3 is 9.84 Å². The van der Waals surface area contributed by atoms with Crippen LogP contribution >= 0.6 is 11.6 Å². The summed E-state index contributed by atoms with van der Waals surface area (Å²) in [5, 5.41) is 14.5. The number of aliphatic carboxylic acids is 1. The molecule has 1 aliphatic heterocycles. The van der Waals surface area contributed by atoms with E-state index in [9.17, 15) is 9.90 Å². The second-order valence-electron chi connectivity index (χ2n) is 5.91. The van der Waals surface area contributed by atoms with Crippen molar-refractivity contribution in [3.63, 3.8) is 0 Å². The molecule has 1 saturated heterocycles. The van der Waals surface area contributed by atoms with E-state index < -0.39 is 11.5 Å². The number of nitrogens with zero attached hydrogens (tertiary/aromatic N) is 4. The van der Waals surface area contributed by atoms with Gasteiger partial charge in [-0.3, -0.25) is 9.69 Å². The van der Waals surface area contributed by atoms with Crippen LogP contribution in [0.2, 0.25) is 5.02 Å². The third kappa shape index (κ3) is 3.02. The van der Waals surface area contributed by atoms with E-state index in [-0.39, 0.29) is 6.61 Å². The Bertz CT molecular complexity index is 722. The first kappa shape index (κ1) is 16.9. The van der Waals surface area contributed by atoms with Gasteiger partial charge in [-0.1, -0.05) is 17.7 Å². The molecular formula is C16H19ClN4O3. The molecule has 8 heteroatoms. The minimum absolute atomic E-state index is 0.161. The Balaban J connectivity index is 1.95. The SMILES string of the molecule is COCC1(C(=O)O)CCCN1Cc1ccc(Cl)cc1-n1cncn1. The van der Waals surface area contributed by atoms with Crippen molar-refractivity contribution < 1.29 is 14.6 Å². The molecule has 0 saturated carbocycles. The molecule has 1 aliphatic rings. The van der Waals surface area contributed by atoms with Crippen molar-refractivity contribution in [3.05, 3.63) is 41.4 Å². The number of hydrogen-bond donors (Lipinski definition) is 1. The van der Waals surface area contributed by atoms with Crippen LogP contribution in [0.25, 0.3) is 5.69 Å². The standard InChI is InChI=1S/C16H19ClN4O3/c1-24-9-16(15(22)23)5-2-6-20(16)8-12-3-4-13(17)7-14(12)21-11-18-10-19-21/h3-4,7,10-11H,2,5-6,8-9H2,1H3,(H,22,23). The summed E-state index contributed by atoms with van der Waals surface area (Å²) in [5.74, 6) is -0.849. The molecule has 7 nitrogen and oxygen atoms in total. The van der Waals surface area contributed by atoms with Crippen LogP contribution in [0.3, 0.4) is 0 Å². The van der Waals surface area contributed by atoms with Gasteiger partial charge in [0.1, 0.15) is 18.2 Å². The maximum atomic E-state index is 11.9. The van der Waals surface area contributed by atoms with E-state index in [1.54, 1.807) is 23.1 Å². The zero-order chi connectivity index (χ0) is 17.2. The third-order valence-electron chi connectivity index (χ3n) is 4.48. The van der Waals surface area contributed by atoms with Gasteiger partial charge in [-0.25, -0.2) is 9.67 Å². The predicted octanol–water partition coefficient (Wildman–Crippen LogP) is 1.99. The van der Waals surface area contributed by atoms with E-state index in [4.69, 9.17) is 16.3 Å². The zero-order valence-electron chi connectivity index (χ0n) is 13.4. The molecule has 128 valence electrons. The van der Waals surface area contributed by atoms with Crippen molar-refractivity contribution in [1.29, 1.82) is 0 Å². The molecule has 2 aromatic rings. The number of ether oxygens (including phenoxy) is 1. The van der Waals surface area contributed by atoms with Crippen molar-refractivity contribution in [3.8, 4) is 5.69 Å². The molecule has 0 radical (unpaired) electrons. The van der Waals surface area contributed by atoms with Crippen LogP contribution in [0.15, 0.2) is 30.9 Å². The molecule has 1 atom stereocenters. The average molecular weight is 351 g/mol. The minimum atomic E-state index is -0.992. The smallest absolute Gasteiger partial charge is 0.326 e. The van der Waals surface area contributed by atoms with Crippen molar-refractivity contribution >= 4 is 17.6 Å². The number of carboxylic acid groups (broad SMARTS) is 1. The Kier molecular flexibility index (Phi) is 4.84. The molecule has 0 spiro atoms. The van der Waals surface area contributed by atoms with Crippen LogP contribution in [-0.2, 0) is 16.1 Å². The topological polar surface area (TPSA) is 80.5 Å². The lowest BCUT2D eigenvalue weighted by molar-refractivity contribution is -0.153. The maximum Gasteiger partial charge on any atom is 0.326 e. The second-order valence-corrected chi connectivity index (χ2v) is 6.34. The highest BCUT2D eigenvalue weighted by atomic mass is 35.5. The van der Waals surface area contributed by atoms with E-state index >= 15 is 0 Å². The first-order valence-corrected chi connectivity index (χ1v) is 8.05. The van der Waals surface area contributed by atoms with Gasteiger partial charge in [-0.15, -0.1) is 0 Å². The van der Waals surface area contributed by atoms with Crippen LogP contribution < -0.4 is 0 Å². The molecule has 0 amide bonds. The predicted molar refractivity (Wildman–Crippen MR) is 88.3 cm³/mol. The Hall–Kier alpha value is -1.96. The summed E-state index contributed by atoms with van der Waals surface area (Å²) in [6, 6.07) is 5.50. The number of carbonyl (C=O) groups is 1. The molecule has 1 aromatic carbocycles. The number of benzene rings is 1. The van der Waals surface area contributed by atoms with Gasteiger partial charge in [-0.05, 0) is 37.1 Å². The summed E-state index contributed by atoms with van der Waals surface area (Å²) in [6.45, 7) is 1.34. The minimum Gasteiger partial charge on any atom is -0.480 e. The monoisotopic (exact) mass is 350 g/mol. The lowest BCUT2D eigenvalue weighted by atomic mass is 9.96. The quantitative estimate of drug-likeness (QED) is 0.858. The van der Waals surface area contributed by atoms with E-state index in [2.05, 4.69) is 10.1 Å². The summed E-state index contributed by atoms with van der Waals surface area (Å²) < 4.78 is 6.84. The fourth-order valence-corrected chi connectivity index (χ4v) is 3.46. The van der Waals surface area contributed by atoms with Gasteiger partial charge in [0.15, 0.2) is 0 Å². The van der Waals surface area contributed by atoms with E-state index in [1.807, 2.05) is 11.0 Å². The number of likely N-dealkylation sites (tertiary alicyclic amines) is 1. The van der Waals surface area contributed by atoms with Crippen LogP contribution in [0.5, 0.6) is 0 Å². The Morgan fingerprint density at radius 2 is 2.33 bits per heavy atom. The molecule has 1 unspecified atom stereocenters. The fraction of sp³-hybridized carbons (Fsp3) is 0.438. The third-order valence-corrected chi connectivity index (χ3v) is 4.71. The van der Waals surface area contributed by atoms with Crippen molar-refractivity contribution in [1.82, 2.24) is 19.7 Å². The normalized spacial score (nSPS) is 21.2. The first-order chi connectivity index (χ1) is 11.6. The number of halogens is 1. The van der Waals surface area contributed by atoms with Gasteiger partial charge in [-0.2, -0.15) is 5.10 Å². The first-order valence-electron chi connectivity index (χ1n) is 7.67. The molecule has 1 N–H and O–H groups in total. The number of aromatic nitrogens is 3. The summed E-state index contributed by atoms with van der Waals surface area (Å²) >= 11 is 6.12. The number of rotatable bonds is 6. The lowest BCUT2D eigenvalue weighted by Gasteiger charge is -2.34. The highest BCUT2D eigenvalue weighted by Crippen LogP contribution is 2.33. The molecular weight excluding hydrogens is 332 g/mol. The van der Waals surface area contributed by atoms with E-state index in [0.29, 0.717) is 24.5 Å². The second kappa shape index (κ2) is 6.88. The molecule has 0 aliphatic carbocycles. The molecule has 1 aromatic heterocycles. The van der Waals surface area contributed by atoms with E-state index in [0.717, 1.165) is 17.7 Å². The van der Waals surface area contributed by atoms with Crippen LogP contribution in [0, 0.1) is 0 Å². The molecule has 3 rings (SSSR count). The van der Waals surface area contributed by atoms with Crippen molar-refractivity contribution in [2.75, 3.05) is 20.3 Å². The largest absolute Gasteiger partial charge is 0.480 e. The summed E-state index contributed by atoms with van der Waals surface area (Å²) in [5.41, 5.74) is 0.741. The Labute approximate surface area is 144 Å². The fourth-order valence-electron chi connectivity index (χ4n) is 3.29. The molecule has 24 heavy (non-hydrogen) atoms. The van der Waals surface area contributed by atoms with Crippen LogP contribution in [-0.4, -0.2) is 56.5 Å². The highest BCUT2D eigenvalue weighted by molar-refractivity contribution is 6.30. The number of carboxylic acids is 1. The van der Waals surface area contributed by atoms with Gasteiger partial charge >= 0.3 is 5.97 Å². The Morgan fingerprint density at radius 1 is 1.50 bits per heavy atom. The lowest BCUT2D eigenvalue weighted by Crippen LogP contribution is -2.53. The van der Waals surface area contributed by atoms with Gasteiger partial charge in [0.25, 0.3) is 0 Å². The number of methoxy groups -OCH3 is 1. The van der Waals surface area contributed by atoms with Gasteiger partial charge in [0, 0.05) is 18.7 Å². The van der Waals surface area contributed by atoms with Gasteiger partial charge in [0.2, 0.25) is 0 Å². The number of hydrogen-bond acceptors (Lipinski definition) is 5. The molecule has 2 heterocycles. The van der Waals surface area contributed by atoms with Crippen LogP contribution in [0.4, 0.5) is 0 Å². The van der Waals surface area contributed by atoms with Gasteiger partial charge in [0.05, 0.1) is 12.3 Å². The highest BCUT2D eigenvalue weighted by Gasteiger charge is 2.47. The Morgan fingerprint density at radius 3 is 3.00 bits per heavy atom. The summed E-state index contributed by atoms with van der Waals surface area (Å²) in [7, 11) is 1.53. The molecule has 1 fully saturated rings. The summed E-state index contributed by atoms with van der Waals surface area (Å²) in [4.78, 5) is 17.8. The average Bonchev–Trinajstić information content (AvgIpc) is 3.20. The van der Waals surface area contributed by atoms with Crippen molar-refractivity contribution in [2.24, 2.45) is 0 Å².